The molecule has 0 spiro atoms. The standard InChI is InChI=1S/C20H15ClN6/c1-12-3-8-17(13(2)9-12)27-19-16(10-23-27)20-25-24-18(26(20)11-22-19)14-4-6-15(21)7-5-14/h3-11H,1-2H3. The van der Waals surface area contributed by atoms with Crippen LogP contribution in [0.4, 0.5) is 0 Å². The minimum absolute atomic E-state index is 0.683. The molecule has 0 radical (unpaired) electrons. The maximum atomic E-state index is 5.99. The van der Waals surface area contributed by atoms with Crippen LogP contribution in [0.15, 0.2) is 55.0 Å². The third-order valence-corrected chi connectivity index (χ3v) is 4.91. The number of hydrogen-bond donors (Lipinski definition) is 0. The molecule has 0 aliphatic rings. The number of fused-ring (bicyclic) bond motifs is 3. The zero-order valence-electron chi connectivity index (χ0n) is 14.8. The Morgan fingerprint density at radius 1 is 0.926 bits per heavy atom. The number of halogens is 1. The van der Waals surface area contributed by atoms with Crippen molar-refractivity contribution < 1.29 is 0 Å². The van der Waals surface area contributed by atoms with Crippen molar-refractivity contribution in [2.75, 3.05) is 0 Å². The number of benzene rings is 2. The van der Waals surface area contributed by atoms with E-state index >= 15 is 0 Å². The van der Waals surface area contributed by atoms with E-state index in [0.717, 1.165) is 39.3 Å². The first-order chi connectivity index (χ1) is 13.1. The lowest BCUT2D eigenvalue weighted by atomic mass is 10.1. The highest BCUT2D eigenvalue weighted by Gasteiger charge is 2.16. The predicted molar refractivity (Wildman–Crippen MR) is 105 cm³/mol. The van der Waals surface area contributed by atoms with Crippen molar-refractivity contribution in [3.63, 3.8) is 0 Å². The molecule has 0 amide bonds. The minimum atomic E-state index is 0.683. The second-order valence-corrected chi connectivity index (χ2v) is 6.99. The first-order valence-corrected chi connectivity index (χ1v) is 8.90. The van der Waals surface area contributed by atoms with Crippen LogP contribution >= 0.6 is 11.6 Å². The summed E-state index contributed by atoms with van der Waals surface area (Å²) in [5.41, 5.74) is 5.77. The van der Waals surface area contributed by atoms with Crippen LogP contribution in [0, 0.1) is 13.8 Å². The van der Waals surface area contributed by atoms with Crippen molar-refractivity contribution in [2.24, 2.45) is 0 Å². The highest BCUT2D eigenvalue weighted by molar-refractivity contribution is 6.30. The van der Waals surface area contributed by atoms with E-state index in [1.807, 2.05) is 33.3 Å². The summed E-state index contributed by atoms with van der Waals surface area (Å²) in [4.78, 5) is 4.64. The zero-order chi connectivity index (χ0) is 18.5. The van der Waals surface area contributed by atoms with Crippen molar-refractivity contribution in [3.05, 3.63) is 71.1 Å². The highest BCUT2D eigenvalue weighted by atomic mass is 35.5. The molecule has 0 atom stereocenters. The van der Waals surface area contributed by atoms with Crippen LogP contribution in [0.25, 0.3) is 33.8 Å². The van der Waals surface area contributed by atoms with E-state index in [-0.39, 0.29) is 0 Å². The highest BCUT2D eigenvalue weighted by Crippen LogP contribution is 2.26. The van der Waals surface area contributed by atoms with Crippen LogP contribution in [0.3, 0.4) is 0 Å². The topological polar surface area (TPSA) is 60.9 Å². The maximum absolute atomic E-state index is 5.99. The molecular weight excluding hydrogens is 360 g/mol. The normalized spacial score (nSPS) is 11.5. The van der Waals surface area contributed by atoms with Crippen molar-refractivity contribution in [2.45, 2.75) is 13.8 Å². The van der Waals surface area contributed by atoms with Crippen molar-refractivity contribution in [1.82, 2.24) is 29.4 Å². The summed E-state index contributed by atoms with van der Waals surface area (Å²) in [6, 6.07) is 13.8. The molecule has 0 unspecified atom stereocenters. The van der Waals surface area contributed by atoms with Crippen LogP contribution in [-0.2, 0) is 0 Å². The largest absolute Gasteiger partial charge is 0.265 e. The Hall–Kier alpha value is -3.25. The lowest BCUT2D eigenvalue weighted by Crippen LogP contribution is -2.01. The lowest BCUT2D eigenvalue weighted by molar-refractivity contribution is 0.885. The monoisotopic (exact) mass is 374 g/mol. The first kappa shape index (κ1) is 16.0. The fourth-order valence-electron chi connectivity index (χ4n) is 3.34. The van der Waals surface area contributed by atoms with Gasteiger partial charge in [0.05, 0.1) is 17.3 Å². The van der Waals surface area contributed by atoms with Gasteiger partial charge in [-0.3, -0.25) is 4.40 Å². The summed E-state index contributed by atoms with van der Waals surface area (Å²) in [5, 5.41) is 14.8. The third kappa shape index (κ3) is 2.49. The molecule has 0 saturated carbocycles. The number of aromatic nitrogens is 6. The van der Waals surface area contributed by atoms with Crippen molar-refractivity contribution in [3.8, 4) is 17.1 Å². The summed E-state index contributed by atoms with van der Waals surface area (Å²) in [6.07, 6.45) is 3.53. The van der Waals surface area contributed by atoms with Gasteiger partial charge in [-0.2, -0.15) is 5.10 Å². The first-order valence-electron chi connectivity index (χ1n) is 8.53. The van der Waals surface area contributed by atoms with Crippen molar-refractivity contribution in [1.29, 1.82) is 0 Å². The molecule has 0 saturated heterocycles. The van der Waals surface area contributed by atoms with E-state index in [1.165, 1.54) is 5.56 Å². The van der Waals surface area contributed by atoms with Gasteiger partial charge in [0.2, 0.25) is 0 Å². The van der Waals surface area contributed by atoms with E-state index in [0.29, 0.717) is 5.02 Å². The van der Waals surface area contributed by atoms with Crippen LogP contribution in [-0.4, -0.2) is 29.4 Å². The second-order valence-electron chi connectivity index (χ2n) is 6.55. The van der Waals surface area contributed by atoms with Gasteiger partial charge >= 0.3 is 0 Å². The second kappa shape index (κ2) is 5.89. The molecule has 0 fully saturated rings. The molecule has 0 bridgehead atoms. The average Bonchev–Trinajstić information content (AvgIpc) is 3.26. The van der Waals surface area contributed by atoms with Gasteiger partial charge < -0.3 is 0 Å². The van der Waals surface area contributed by atoms with E-state index < -0.39 is 0 Å². The maximum Gasteiger partial charge on any atom is 0.175 e. The van der Waals surface area contributed by atoms with Gasteiger partial charge in [-0.25, -0.2) is 9.67 Å². The van der Waals surface area contributed by atoms with E-state index in [2.05, 4.69) is 52.3 Å². The van der Waals surface area contributed by atoms with E-state index in [1.54, 1.807) is 12.5 Å². The van der Waals surface area contributed by atoms with Crippen LogP contribution in [0.1, 0.15) is 11.1 Å². The molecule has 132 valence electrons. The van der Waals surface area contributed by atoms with Gasteiger partial charge in [-0.05, 0) is 49.7 Å². The average molecular weight is 375 g/mol. The number of rotatable bonds is 2. The van der Waals surface area contributed by atoms with E-state index in [9.17, 15) is 0 Å². The van der Waals surface area contributed by atoms with Crippen molar-refractivity contribution >= 4 is 28.3 Å². The van der Waals surface area contributed by atoms with Crippen LogP contribution in [0.2, 0.25) is 5.02 Å². The Balaban J connectivity index is 1.71. The minimum Gasteiger partial charge on any atom is -0.265 e. The van der Waals surface area contributed by atoms with Gasteiger partial charge in [0.25, 0.3) is 0 Å². The molecule has 7 heteroatoms. The molecule has 6 nitrogen and oxygen atoms in total. The lowest BCUT2D eigenvalue weighted by Gasteiger charge is -2.08. The summed E-state index contributed by atoms with van der Waals surface area (Å²) >= 11 is 5.99. The van der Waals surface area contributed by atoms with Gasteiger partial charge in [-0.15, -0.1) is 10.2 Å². The predicted octanol–water partition coefficient (Wildman–Crippen LogP) is 4.40. The van der Waals surface area contributed by atoms with Gasteiger partial charge in [0, 0.05) is 10.6 Å². The summed E-state index contributed by atoms with van der Waals surface area (Å²) in [6.45, 7) is 4.15. The Morgan fingerprint density at radius 3 is 2.52 bits per heavy atom. The molecule has 3 heterocycles. The third-order valence-electron chi connectivity index (χ3n) is 4.66. The Morgan fingerprint density at radius 2 is 1.74 bits per heavy atom. The fraction of sp³-hybridized carbons (Fsp3) is 0.100. The molecule has 0 aliphatic carbocycles. The molecule has 0 N–H and O–H groups in total. The quantitative estimate of drug-likeness (QED) is 0.459. The number of hydrogen-bond acceptors (Lipinski definition) is 4. The summed E-state index contributed by atoms with van der Waals surface area (Å²) in [7, 11) is 0. The Bertz CT molecular complexity index is 1300. The van der Waals surface area contributed by atoms with Crippen LogP contribution < -0.4 is 0 Å². The molecule has 27 heavy (non-hydrogen) atoms. The number of nitrogens with zero attached hydrogens (tertiary/aromatic N) is 6. The fourth-order valence-corrected chi connectivity index (χ4v) is 3.46. The Kier molecular flexibility index (Phi) is 3.48. The number of aryl methyl sites for hydroxylation is 2. The van der Waals surface area contributed by atoms with Gasteiger partial charge in [0.15, 0.2) is 17.1 Å². The smallest absolute Gasteiger partial charge is 0.175 e. The molecule has 2 aromatic carbocycles. The molecule has 0 aliphatic heterocycles. The van der Waals surface area contributed by atoms with Gasteiger partial charge in [-0.1, -0.05) is 29.3 Å². The molecule has 5 rings (SSSR count). The summed E-state index contributed by atoms with van der Waals surface area (Å²) in [5.74, 6) is 0.718. The molecule has 5 aromatic rings. The summed E-state index contributed by atoms with van der Waals surface area (Å²) < 4.78 is 3.72. The Labute approximate surface area is 160 Å². The SMILES string of the molecule is Cc1ccc(-n2ncc3c2ncn2c(-c4ccc(Cl)cc4)nnc32)c(C)c1. The molecule has 3 aromatic heterocycles. The van der Waals surface area contributed by atoms with Gasteiger partial charge in [0.1, 0.15) is 6.33 Å². The van der Waals surface area contributed by atoms with E-state index in [4.69, 9.17) is 11.6 Å². The van der Waals surface area contributed by atoms with Crippen LogP contribution in [0.5, 0.6) is 0 Å². The zero-order valence-corrected chi connectivity index (χ0v) is 15.5. The molecular formula is C20H15ClN6.